The van der Waals surface area contributed by atoms with E-state index in [9.17, 15) is 0 Å². The molecule has 0 aromatic heterocycles. The minimum Gasteiger partial charge on any atom is -0.493 e. The van der Waals surface area contributed by atoms with Gasteiger partial charge in [0.1, 0.15) is 5.75 Å². The van der Waals surface area contributed by atoms with Crippen molar-refractivity contribution in [2.24, 2.45) is 11.1 Å². The average Bonchev–Trinajstić information content (AvgIpc) is 2.23. The van der Waals surface area contributed by atoms with Crippen LogP contribution in [0.5, 0.6) is 5.75 Å². The molecular weight excluding hydrogens is 198 g/mol. The fourth-order valence-corrected chi connectivity index (χ4v) is 1.40. The van der Waals surface area contributed by atoms with Crippen molar-refractivity contribution in [2.45, 2.75) is 34.1 Å². The van der Waals surface area contributed by atoms with E-state index in [1.165, 1.54) is 11.1 Å². The molecule has 0 saturated carbocycles. The van der Waals surface area contributed by atoms with Crippen molar-refractivity contribution in [3.63, 3.8) is 0 Å². The van der Waals surface area contributed by atoms with E-state index in [-0.39, 0.29) is 5.41 Å². The van der Waals surface area contributed by atoms with Crippen LogP contribution in [0.15, 0.2) is 18.2 Å². The fourth-order valence-electron chi connectivity index (χ4n) is 1.40. The summed E-state index contributed by atoms with van der Waals surface area (Å²) in [4.78, 5) is 0. The number of ether oxygens (including phenoxy) is 1. The summed E-state index contributed by atoms with van der Waals surface area (Å²) in [5, 5.41) is 0. The molecule has 0 saturated heterocycles. The highest BCUT2D eigenvalue weighted by Gasteiger charge is 2.15. The van der Waals surface area contributed by atoms with Gasteiger partial charge in [0.2, 0.25) is 0 Å². The van der Waals surface area contributed by atoms with E-state index in [1.807, 2.05) is 0 Å². The van der Waals surface area contributed by atoms with Crippen LogP contribution in [-0.4, -0.2) is 13.2 Å². The highest BCUT2D eigenvalue weighted by atomic mass is 16.5. The van der Waals surface area contributed by atoms with Crippen molar-refractivity contribution in [1.82, 2.24) is 0 Å². The molecule has 0 bridgehead atoms. The van der Waals surface area contributed by atoms with E-state index in [2.05, 4.69) is 45.9 Å². The second-order valence-corrected chi connectivity index (χ2v) is 5.24. The van der Waals surface area contributed by atoms with Gasteiger partial charge in [0, 0.05) is 0 Å². The standard InChI is InChI=1S/C14H23NO/c1-11-5-6-12(2)13(9-11)16-8-7-14(3,4)10-15/h5-6,9H,7-8,10,15H2,1-4H3. The van der Waals surface area contributed by atoms with E-state index in [0.29, 0.717) is 6.54 Å². The molecule has 0 aliphatic rings. The molecule has 0 amide bonds. The van der Waals surface area contributed by atoms with Gasteiger partial charge >= 0.3 is 0 Å². The molecule has 1 aromatic rings. The minimum absolute atomic E-state index is 0.164. The Labute approximate surface area is 98.8 Å². The SMILES string of the molecule is Cc1ccc(C)c(OCCC(C)(C)CN)c1. The molecule has 16 heavy (non-hydrogen) atoms. The lowest BCUT2D eigenvalue weighted by atomic mass is 9.90. The van der Waals surface area contributed by atoms with Crippen molar-refractivity contribution in [2.75, 3.05) is 13.2 Å². The average molecular weight is 221 g/mol. The van der Waals surface area contributed by atoms with Crippen molar-refractivity contribution in [3.8, 4) is 5.75 Å². The highest BCUT2D eigenvalue weighted by molar-refractivity contribution is 5.35. The fraction of sp³-hybridized carbons (Fsp3) is 0.571. The van der Waals surface area contributed by atoms with Gasteiger partial charge in [0.15, 0.2) is 0 Å². The van der Waals surface area contributed by atoms with E-state index < -0.39 is 0 Å². The van der Waals surface area contributed by atoms with Crippen LogP contribution in [0, 0.1) is 19.3 Å². The van der Waals surface area contributed by atoms with Crippen LogP contribution in [0.3, 0.4) is 0 Å². The predicted molar refractivity (Wildman–Crippen MR) is 68.9 cm³/mol. The van der Waals surface area contributed by atoms with Crippen molar-refractivity contribution in [1.29, 1.82) is 0 Å². The van der Waals surface area contributed by atoms with E-state index in [1.54, 1.807) is 0 Å². The molecule has 0 unspecified atom stereocenters. The van der Waals surface area contributed by atoms with Gasteiger partial charge in [-0.25, -0.2) is 0 Å². The molecule has 0 fully saturated rings. The Hall–Kier alpha value is -1.02. The number of hydrogen-bond acceptors (Lipinski definition) is 2. The quantitative estimate of drug-likeness (QED) is 0.829. The zero-order chi connectivity index (χ0) is 12.2. The van der Waals surface area contributed by atoms with Gasteiger partial charge in [0.25, 0.3) is 0 Å². The summed E-state index contributed by atoms with van der Waals surface area (Å²) in [6.07, 6.45) is 0.983. The number of hydrogen-bond donors (Lipinski definition) is 1. The van der Waals surface area contributed by atoms with Crippen LogP contribution in [-0.2, 0) is 0 Å². The van der Waals surface area contributed by atoms with Crippen molar-refractivity contribution >= 4 is 0 Å². The normalized spacial score (nSPS) is 11.6. The summed E-state index contributed by atoms with van der Waals surface area (Å²) in [6, 6.07) is 6.29. The molecule has 0 spiro atoms. The van der Waals surface area contributed by atoms with Gasteiger partial charge < -0.3 is 10.5 Å². The Morgan fingerprint density at radius 2 is 1.94 bits per heavy atom. The highest BCUT2D eigenvalue weighted by Crippen LogP contribution is 2.22. The lowest BCUT2D eigenvalue weighted by Gasteiger charge is -2.22. The summed E-state index contributed by atoms with van der Waals surface area (Å²) >= 11 is 0. The van der Waals surface area contributed by atoms with Gasteiger partial charge in [-0.3, -0.25) is 0 Å². The Morgan fingerprint density at radius 1 is 1.25 bits per heavy atom. The smallest absolute Gasteiger partial charge is 0.122 e. The first-order valence-electron chi connectivity index (χ1n) is 5.85. The van der Waals surface area contributed by atoms with Gasteiger partial charge in [-0.15, -0.1) is 0 Å². The molecule has 1 rings (SSSR count). The topological polar surface area (TPSA) is 35.2 Å². The first-order chi connectivity index (χ1) is 7.44. The maximum Gasteiger partial charge on any atom is 0.122 e. The molecule has 0 radical (unpaired) electrons. The van der Waals surface area contributed by atoms with Crippen LogP contribution < -0.4 is 10.5 Å². The van der Waals surface area contributed by atoms with Gasteiger partial charge in [-0.1, -0.05) is 26.0 Å². The molecule has 0 atom stereocenters. The molecule has 2 N–H and O–H groups in total. The zero-order valence-corrected chi connectivity index (χ0v) is 10.8. The maximum absolute atomic E-state index is 5.80. The Morgan fingerprint density at radius 3 is 2.56 bits per heavy atom. The Balaban J connectivity index is 2.52. The van der Waals surface area contributed by atoms with E-state index in [0.717, 1.165) is 18.8 Å². The first-order valence-corrected chi connectivity index (χ1v) is 5.85. The molecule has 0 aliphatic heterocycles. The zero-order valence-electron chi connectivity index (χ0n) is 10.8. The predicted octanol–water partition coefficient (Wildman–Crippen LogP) is 3.06. The largest absolute Gasteiger partial charge is 0.493 e. The third kappa shape index (κ3) is 3.86. The second-order valence-electron chi connectivity index (χ2n) is 5.24. The van der Waals surface area contributed by atoms with Gasteiger partial charge in [-0.2, -0.15) is 0 Å². The summed E-state index contributed by atoms with van der Waals surface area (Å²) in [6.45, 7) is 9.91. The number of rotatable bonds is 5. The van der Waals surface area contributed by atoms with Gasteiger partial charge in [0.05, 0.1) is 6.61 Å². The molecule has 1 aromatic carbocycles. The number of benzene rings is 1. The molecule has 2 heteroatoms. The van der Waals surface area contributed by atoms with Crippen LogP contribution in [0.2, 0.25) is 0 Å². The lowest BCUT2D eigenvalue weighted by molar-refractivity contribution is 0.232. The summed E-state index contributed by atoms with van der Waals surface area (Å²) < 4.78 is 5.80. The van der Waals surface area contributed by atoms with E-state index >= 15 is 0 Å². The third-order valence-corrected chi connectivity index (χ3v) is 2.93. The van der Waals surface area contributed by atoms with Crippen LogP contribution in [0.25, 0.3) is 0 Å². The monoisotopic (exact) mass is 221 g/mol. The van der Waals surface area contributed by atoms with E-state index in [4.69, 9.17) is 10.5 Å². The van der Waals surface area contributed by atoms with Crippen LogP contribution >= 0.6 is 0 Å². The Kier molecular flexibility index (Phi) is 4.36. The second kappa shape index (κ2) is 5.35. The third-order valence-electron chi connectivity index (χ3n) is 2.93. The van der Waals surface area contributed by atoms with Gasteiger partial charge in [-0.05, 0) is 49.4 Å². The summed E-state index contributed by atoms with van der Waals surface area (Å²) in [7, 11) is 0. The lowest BCUT2D eigenvalue weighted by Crippen LogP contribution is -2.25. The van der Waals surface area contributed by atoms with Crippen molar-refractivity contribution in [3.05, 3.63) is 29.3 Å². The Bertz CT molecular complexity index is 345. The molecular formula is C14H23NO. The van der Waals surface area contributed by atoms with Crippen LogP contribution in [0.1, 0.15) is 31.4 Å². The number of nitrogens with two attached hydrogens (primary N) is 1. The summed E-state index contributed by atoms with van der Waals surface area (Å²) in [5.74, 6) is 0.993. The molecule has 90 valence electrons. The van der Waals surface area contributed by atoms with Crippen molar-refractivity contribution < 1.29 is 4.74 Å². The molecule has 0 heterocycles. The van der Waals surface area contributed by atoms with Crippen LogP contribution in [0.4, 0.5) is 0 Å². The number of aryl methyl sites for hydroxylation is 2. The maximum atomic E-state index is 5.80. The first kappa shape index (κ1) is 13.0. The minimum atomic E-state index is 0.164. The molecule has 0 aliphatic carbocycles. The molecule has 2 nitrogen and oxygen atoms in total. The summed E-state index contributed by atoms with van der Waals surface area (Å²) in [5.41, 5.74) is 8.27.